The maximum atomic E-state index is 12.3. The van der Waals surface area contributed by atoms with Crippen molar-refractivity contribution in [3.63, 3.8) is 0 Å². The van der Waals surface area contributed by atoms with E-state index in [1.807, 2.05) is 0 Å². The van der Waals surface area contributed by atoms with Crippen LogP contribution >= 0.6 is 0 Å². The van der Waals surface area contributed by atoms with Gasteiger partial charge in [-0.15, -0.1) is 0 Å². The van der Waals surface area contributed by atoms with Crippen molar-refractivity contribution in [3.8, 4) is 0 Å². The minimum absolute atomic E-state index is 0.0294. The van der Waals surface area contributed by atoms with E-state index in [1.54, 1.807) is 41.3 Å². The zero-order chi connectivity index (χ0) is 13.9. The van der Waals surface area contributed by atoms with Crippen LogP contribution in [-0.4, -0.2) is 62.3 Å². The molecule has 2 aromatic heterocycles. The van der Waals surface area contributed by atoms with Gasteiger partial charge >= 0.3 is 0 Å². The molecule has 0 saturated carbocycles. The summed E-state index contributed by atoms with van der Waals surface area (Å²) in [6, 6.07) is 1.80. The minimum atomic E-state index is -0.0540. The number of rotatable bonds is 4. The fourth-order valence-electron chi connectivity index (χ4n) is 2.52. The summed E-state index contributed by atoms with van der Waals surface area (Å²) < 4.78 is 7.08. The summed E-state index contributed by atoms with van der Waals surface area (Å²) in [6.07, 6.45) is 5.06. The largest absolute Gasteiger partial charge is 0.379 e. The molecule has 20 heavy (non-hydrogen) atoms. The van der Waals surface area contributed by atoms with E-state index in [2.05, 4.69) is 20.5 Å². The van der Waals surface area contributed by atoms with Gasteiger partial charge in [-0.1, -0.05) is 0 Å². The second-order valence-corrected chi connectivity index (χ2v) is 4.78. The zero-order valence-corrected chi connectivity index (χ0v) is 11.1. The quantitative estimate of drug-likeness (QED) is 0.824. The summed E-state index contributed by atoms with van der Waals surface area (Å²) in [5.41, 5.74) is 0.825. The Balaban J connectivity index is 1.68. The van der Waals surface area contributed by atoms with Crippen molar-refractivity contribution in [2.75, 3.05) is 20.2 Å². The topological polar surface area (TPSA) is 88.9 Å². The fourth-order valence-corrected chi connectivity index (χ4v) is 2.52. The molecule has 1 saturated heterocycles. The van der Waals surface area contributed by atoms with Crippen molar-refractivity contribution >= 4 is 5.91 Å². The number of nitrogens with zero attached hydrogens (tertiary/aromatic N) is 5. The minimum Gasteiger partial charge on any atom is -0.379 e. The van der Waals surface area contributed by atoms with E-state index in [0.29, 0.717) is 13.1 Å². The van der Waals surface area contributed by atoms with Crippen molar-refractivity contribution in [2.24, 2.45) is 0 Å². The molecule has 0 radical (unpaired) electrons. The van der Waals surface area contributed by atoms with Crippen LogP contribution in [0.3, 0.4) is 0 Å². The van der Waals surface area contributed by atoms with Gasteiger partial charge < -0.3 is 9.64 Å². The molecule has 0 unspecified atom stereocenters. The first-order valence-electron chi connectivity index (χ1n) is 6.41. The van der Waals surface area contributed by atoms with E-state index in [0.717, 1.165) is 5.69 Å². The Bertz CT molecular complexity index is 553. The lowest BCUT2D eigenvalue weighted by molar-refractivity contribution is -0.131. The Morgan fingerprint density at radius 1 is 1.55 bits per heavy atom. The van der Waals surface area contributed by atoms with Gasteiger partial charge in [0.05, 0.1) is 23.9 Å². The third-order valence-electron chi connectivity index (χ3n) is 3.59. The Hall–Kier alpha value is -2.22. The standard InChI is InChI=1S/C12H16N6O2/c1-20-11-7-17(6-9(11)10-5-13-16-15-10)12(19)8-18-4-2-3-14-18/h2-5,9,11H,6-8H2,1H3,(H,13,15,16)/t9-,11+/m0/s1. The zero-order valence-electron chi connectivity index (χ0n) is 11.1. The monoisotopic (exact) mass is 276 g/mol. The van der Waals surface area contributed by atoms with Crippen LogP contribution in [0.15, 0.2) is 24.7 Å². The van der Waals surface area contributed by atoms with Crippen LogP contribution in [-0.2, 0) is 16.1 Å². The predicted molar refractivity (Wildman–Crippen MR) is 68.7 cm³/mol. The SMILES string of the molecule is CO[C@@H]1CN(C(=O)Cn2cccn2)C[C@H]1c1cn[nH]n1. The van der Waals surface area contributed by atoms with Gasteiger partial charge in [-0.05, 0) is 6.07 Å². The van der Waals surface area contributed by atoms with Crippen molar-refractivity contribution in [3.05, 3.63) is 30.4 Å². The Labute approximate surface area is 115 Å². The van der Waals surface area contributed by atoms with E-state index in [9.17, 15) is 4.79 Å². The number of likely N-dealkylation sites (tertiary alicyclic amines) is 1. The molecule has 1 aliphatic heterocycles. The van der Waals surface area contributed by atoms with Crippen LogP contribution in [0.4, 0.5) is 0 Å². The lowest BCUT2D eigenvalue weighted by Crippen LogP contribution is -2.33. The molecule has 0 aromatic carbocycles. The summed E-state index contributed by atoms with van der Waals surface area (Å²) in [6.45, 7) is 1.40. The number of ether oxygens (including phenoxy) is 1. The summed E-state index contributed by atoms with van der Waals surface area (Å²) in [4.78, 5) is 14.0. The van der Waals surface area contributed by atoms with Crippen LogP contribution in [0.25, 0.3) is 0 Å². The number of carbonyl (C=O) groups is 1. The van der Waals surface area contributed by atoms with E-state index in [-0.39, 0.29) is 24.5 Å². The van der Waals surface area contributed by atoms with Gasteiger partial charge in [0.25, 0.3) is 0 Å². The van der Waals surface area contributed by atoms with Crippen molar-refractivity contribution in [1.29, 1.82) is 0 Å². The summed E-state index contributed by atoms with van der Waals surface area (Å²) in [5.74, 6) is 0.0852. The number of aromatic nitrogens is 5. The van der Waals surface area contributed by atoms with Crippen molar-refractivity contribution in [2.45, 2.75) is 18.6 Å². The van der Waals surface area contributed by atoms with Gasteiger partial charge in [-0.25, -0.2) is 0 Å². The first-order chi connectivity index (χ1) is 9.78. The summed E-state index contributed by atoms with van der Waals surface area (Å²) >= 11 is 0. The number of hydrogen-bond acceptors (Lipinski definition) is 5. The molecule has 1 amide bonds. The molecule has 106 valence electrons. The number of aromatic amines is 1. The van der Waals surface area contributed by atoms with E-state index < -0.39 is 0 Å². The highest BCUT2D eigenvalue weighted by Gasteiger charge is 2.37. The first-order valence-corrected chi connectivity index (χ1v) is 6.41. The van der Waals surface area contributed by atoms with Crippen molar-refractivity contribution < 1.29 is 9.53 Å². The van der Waals surface area contributed by atoms with E-state index >= 15 is 0 Å². The van der Waals surface area contributed by atoms with Crippen LogP contribution in [0.5, 0.6) is 0 Å². The summed E-state index contributed by atoms with van der Waals surface area (Å²) in [5, 5.41) is 14.6. The lowest BCUT2D eigenvalue weighted by atomic mass is 10.0. The second kappa shape index (κ2) is 5.41. The molecule has 3 heterocycles. The molecule has 1 fully saturated rings. The third kappa shape index (κ3) is 2.42. The van der Waals surface area contributed by atoms with Gasteiger partial charge in [-0.2, -0.15) is 20.5 Å². The highest BCUT2D eigenvalue weighted by Crippen LogP contribution is 2.27. The van der Waals surface area contributed by atoms with Gasteiger partial charge in [0.2, 0.25) is 5.91 Å². The van der Waals surface area contributed by atoms with Gasteiger partial charge in [0, 0.05) is 32.6 Å². The van der Waals surface area contributed by atoms with E-state index in [1.165, 1.54) is 0 Å². The summed E-state index contributed by atoms with van der Waals surface area (Å²) in [7, 11) is 1.65. The highest BCUT2D eigenvalue weighted by atomic mass is 16.5. The number of nitrogens with one attached hydrogen (secondary N) is 1. The second-order valence-electron chi connectivity index (χ2n) is 4.78. The molecule has 8 heteroatoms. The molecule has 2 atom stereocenters. The predicted octanol–water partition coefficient (Wildman–Crippen LogP) is -0.358. The molecule has 2 aromatic rings. The Morgan fingerprint density at radius 2 is 2.45 bits per heavy atom. The highest BCUT2D eigenvalue weighted by molar-refractivity contribution is 5.76. The number of methoxy groups -OCH3 is 1. The fraction of sp³-hybridized carbons (Fsp3) is 0.500. The molecule has 1 N–H and O–H groups in total. The maximum Gasteiger partial charge on any atom is 0.244 e. The van der Waals surface area contributed by atoms with Crippen LogP contribution in [0.2, 0.25) is 0 Å². The number of H-pyrrole nitrogens is 1. The molecular weight excluding hydrogens is 260 g/mol. The molecular formula is C12H16N6O2. The Kier molecular flexibility index (Phi) is 3.46. The number of amides is 1. The normalized spacial score (nSPS) is 22.4. The van der Waals surface area contributed by atoms with Gasteiger partial charge in [0.1, 0.15) is 6.54 Å². The van der Waals surface area contributed by atoms with Gasteiger partial charge in [0.15, 0.2) is 0 Å². The molecule has 3 rings (SSSR count). The Morgan fingerprint density at radius 3 is 3.10 bits per heavy atom. The molecule has 1 aliphatic rings. The smallest absolute Gasteiger partial charge is 0.244 e. The maximum absolute atomic E-state index is 12.3. The first kappa shape index (κ1) is 12.8. The number of hydrogen-bond donors (Lipinski definition) is 1. The van der Waals surface area contributed by atoms with Crippen LogP contribution in [0.1, 0.15) is 11.6 Å². The van der Waals surface area contributed by atoms with Gasteiger partial charge in [-0.3, -0.25) is 9.48 Å². The van der Waals surface area contributed by atoms with E-state index in [4.69, 9.17) is 4.74 Å². The third-order valence-corrected chi connectivity index (χ3v) is 3.59. The molecule has 0 spiro atoms. The lowest BCUT2D eigenvalue weighted by Gasteiger charge is -2.15. The average Bonchev–Trinajstić information content (AvgIpc) is 3.19. The molecule has 8 nitrogen and oxygen atoms in total. The average molecular weight is 276 g/mol. The molecule has 0 aliphatic carbocycles. The molecule has 0 bridgehead atoms. The number of carbonyl (C=O) groups excluding carboxylic acids is 1. The van der Waals surface area contributed by atoms with Crippen LogP contribution in [0, 0.1) is 0 Å². The van der Waals surface area contributed by atoms with Crippen molar-refractivity contribution in [1.82, 2.24) is 30.1 Å². The van der Waals surface area contributed by atoms with Crippen LogP contribution < -0.4 is 0 Å².